The van der Waals surface area contributed by atoms with E-state index in [9.17, 15) is 9.59 Å². The Morgan fingerprint density at radius 2 is 2.26 bits per heavy atom. The largest absolute Gasteiger partial charge is 0.445 e. The molecule has 0 unspecified atom stereocenters. The Hall–Kier alpha value is -1.84. The molecule has 0 bridgehead atoms. The predicted octanol–water partition coefficient (Wildman–Crippen LogP) is 2.23. The van der Waals surface area contributed by atoms with Crippen LogP contribution in [-0.2, 0) is 16.1 Å². The van der Waals surface area contributed by atoms with Gasteiger partial charge in [0, 0.05) is 17.5 Å². The highest BCUT2D eigenvalue weighted by molar-refractivity contribution is 5.74. The fourth-order valence-corrected chi connectivity index (χ4v) is 1.61. The maximum atomic E-state index is 12.7. The van der Waals surface area contributed by atoms with E-state index in [1.807, 2.05) is 0 Å². The number of fused-ring (bicyclic) bond motifs is 1. The van der Waals surface area contributed by atoms with Gasteiger partial charge < -0.3 is 9.53 Å². The number of carbonyl (C=O) groups is 2. The fraction of sp³-hybridized carbons (Fsp3) is 0.467. The summed E-state index contributed by atoms with van der Waals surface area (Å²) in [4.78, 5) is 24.3. The number of ether oxygens (including phenoxy) is 1. The van der Waals surface area contributed by atoms with E-state index in [-0.39, 0.29) is 4.90 Å². The molecule has 1 aromatic carbocycles. The van der Waals surface area contributed by atoms with Crippen molar-refractivity contribution in [1.29, 1.82) is 0 Å². The SMILES string of the molecule is [2H]C(=O)[C@@]1([2H])N(C(=O)OCc2ccccc2)C([2H])([2H])[C@@]2([2H])C([2H])([2H])[C@@]2([2H])C1([2H])[2H]. The molecule has 2 aliphatic rings. The Bertz CT molecular complexity index is 880. The van der Waals surface area contributed by atoms with Gasteiger partial charge >= 0.3 is 6.09 Å². The van der Waals surface area contributed by atoms with Crippen molar-refractivity contribution in [2.24, 2.45) is 11.8 Å². The topological polar surface area (TPSA) is 46.6 Å². The molecule has 1 saturated heterocycles. The van der Waals surface area contributed by atoms with E-state index in [0.29, 0.717) is 5.56 Å². The summed E-state index contributed by atoms with van der Waals surface area (Å²) in [6, 6.07) is 4.39. The first-order valence-corrected chi connectivity index (χ1v) is 5.59. The van der Waals surface area contributed by atoms with Crippen LogP contribution in [0, 0.1) is 11.8 Å². The summed E-state index contributed by atoms with van der Waals surface area (Å²) in [5.41, 5.74) is 0.450. The average molecular weight is 269 g/mol. The summed E-state index contributed by atoms with van der Waals surface area (Å²) in [6.45, 7) is -3.95. The molecule has 4 nitrogen and oxygen atoms in total. The van der Waals surface area contributed by atoms with Crippen molar-refractivity contribution in [2.75, 3.05) is 6.50 Å². The minimum atomic E-state index is -3.65. The smallest absolute Gasteiger partial charge is 0.410 e. The lowest BCUT2D eigenvalue weighted by molar-refractivity contribution is -0.113. The summed E-state index contributed by atoms with van der Waals surface area (Å²) in [5.74, 6) is -6.38. The van der Waals surface area contributed by atoms with E-state index in [4.69, 9.17) is 18.4 Å². The lowest BCUT2D eigenvalue weighted by atomic mass is 10.0. The third-order valence-electron chi connectivity index (χ3n) is 2.61. The maximum Gasteiger partial charge on any atom is 0.410 e. The van der Waals surface area contributed by atoms with Crippen LogP contribution in [0.3, 0.4) is 0 Å². The number of amides is 1. The second kappa shape index (κ2) is 5.03. The molecular formula is C15H17NO3. The molecule has 4 heteroatoms. The second-order valence-electron chi connectivity index (χ2n) is 3.94. The van der Waals surface area contributed by atoms with Crippen LogP contribution >= 0.6 is 0 Å². The molecule has 1 aromatic rings. The van der Waals surface area contributed by atoms with Crippen LogP contribution in [0.1, 0.15) is 32.0 Å². The van der Waals surface area contributed by atoms with E-state index in [2.05, 4.69) is 0 Å². The number of rotatable bonds is 3. The molecule has 19 heavy (non-hydrogen) atoms. The van der Waals surface area contributed by atoms with Crippen LogP contribution in [0.5, 0.6) is 0 Å². The molecule has 1 amide bonds. The summed E-state index contributed by atoms with van der Waals surface area (Å²) < 4.78 is 85.2. The normalized spacial score (nSPS) is 55.7. The van der Waals surface area contributed by atoms with Gasteiger partial charge in [0.05, 0.1) is 7.39 Å². The Labute approximate surface area is 126 Å². The Morgan fingerprint density at radius 1 is 1.47 bits per heavy atom. The minimum Gasteiger partial charge on any atom is -0.445 e. The van der Waals surface area contributed by atoms with Crippen molar-refractivity contribution in [3.8, 4) is 0 Å². The van der Waals surface area contributed by atoms with Crippen LogP contribution in [0.2, 0.25) is 0 Å². The van der Waals surface area contributed by atoms with Gasteiger partial charge in [-0.15, -0.1) is 0 Å². The Kier molecular flexibility index (Phi) is 1.40. The molecular weight excluding hydrogens is 242 g/mol. The van der Waals surface area contributed by atoms with Crippen LogP contribution < -0.4 is 0 Å². The third-order valence-corrected chi connectivity index (χ3v) is 2.61. The van der Waals surface area contributed by atoms with E-state index < -0.39 is 56.0 Å². The molecule has 1 saturated carbocycles. The van der Waals surface area contributed by atoms with Gasteiger partial charge in [-0.2, -0.15) is 0 Å². The van der Waals surface area contributed by atoms with Crippen LogP contribution in [0.15, 0.2) is 30.3 Å². The monoisotopic (exact) mass is 269 g/mol. The molecule has 0 spiro atoms. The van der Waals surface area contributed by atoms with Gasteiger partial charge in [0.2, 0.25) is 0 Å². The molecule has 3 rings (SSSR count). The molecule has 3 atom stereocenters. The standard InChI is InChI=1S/C15H17NO3/c17-9-14-7-12-6-13(12)8-16(14)15(18)19-10-11-4-2-1-3-5-11/h1-5,9,12-14H,6-8,10H2/t12-,13+,14-/m0/s1/i6D2,7D2,8D2,9D,12D,13D,14D. The van der Waals surface area contributed by atoms with Gasteiger partial charge in [-0.3, -0.25) is 4.90 Å². The van der Waals surface area contributed by atoms with Crippen molar-refractivity contribution in [2.45, 2.75) is 25.4 Å². The molecule has 1 aliphatic carbocycles. The van der Waals surface area contributed by atoms with Gasteiger partial charge in [0.15, 0.2) is 0 Å². The third kappa shape index (κ3) is 2.62. The highest BCUT2D eigenvalue weighted by atomic mass is 16.6. The molecule has 0 aromatic heterocycles. The quantitative estimate of drug-likeness (QED) is 0.791. The Balaban J connectivity index is 2.11. The zero-order valence-corrected chi connectivity index (χ0v) is 9.77. The molecule has 0 N–H and O–H groups in total. The average Bonchev–Trinajstić information content (AvgIpc) is 3.01. The summed E-state index contributed by atoms with van der Waals surface area (Å²) in [6.07, 6.45) is -10.5. The fourth-order valence-electron chi connectivity index (χ4n) is 1.61. The van der Waals surface area contributed by atoms with Gasteiger partial charge in [-0.05, 0) is 30.1 Å². The first-order valence-electron chi connectivity index (χ1n) is 10.6. The van der Waals surface area contributed by atoms with Crippen molar-refractivity contribution in [1.82, 2.24) is 4.90 Å². The van der Waals surface area contributed by atoms with Crippen molar-refractivity contribution in [3.05, 3.63) is 35.9 Å². The molecule has 1 aliphatic heterocycles. The first-order chi connectivity index (χ1) is 13.1. The van der Waals surface area contributed by atoms with Crippen LogP contribution in [0.4, 0.5) is 4.79 Å². The number of carbonyl (C=O) groups excluding carboxylic acids is 2. The predicted molar refractivity (Wildman–Crippen MR) is 69.4 cm³/mol. The number of hydrogen-bond donors (Lipinski definition) is 0. The lowest BCUT2D eigenvalue weighted by Gasteiger charge is -2.31. The van der Waals surface area contributed by atoms with Crippen molar-refractivity contribution in [3.63, 3.8) is 0 Å². The maximum absolute atomic E-state index is 12.7. The van der Waals surface area contributed by atoms with Crippen molar-refractivity contribution >= 4 is 12.4 Å². The second-order valence-corrected chi connectivity index (χ2v) is 3.94. The van der Waals surface area contributed by atoms with Gasteiger partial charge in [0.25, 0.3) is 0 Å². The highest BCUT2D eigenvalue weighted by Crippen LogP contribution is 2.46. The number of benzene rings is 1. The van der Waals surface area contributed by atoms with E-state index in [1.165, 1.54) is 0 Å². The highest BCUT2D eigenvalue weighted by Gasteiger charge is 2.47. The Morgan fingerprint density at radius 3 is 3.00 bits per heavy atom. The number of piperidine rings is 1. The first kappa shape index (κ1) is 5.27. The molecule has 2 fully saturated rings. The number of likely N-dealkylation sites (tertiary alicyclic amines) is 1. The lowest BCUT2D eigenvalue weighted by Crippen LogP contribution is -2.45. The van der Waals surface area contributed by atoms with E-state index in [0.717, 1.165) is 0 Å². The molecule has 0 radical (unpaired) electrons. The van der Waals surface area contributed by atoms with Gasteiger partial charge in [-0.25, -0.2) is 4.79 Å². The van der Waals surface area contributed by atoms with E-state index in [1.54, 1.807) is 30.3 Å². The number of hydrogen-bond acceptors (Lipinski definition) is 3. The zero-order chi connectivity index (χ0) is 22.3. The van der Waals surface area contributed by atoms with Crippen molar-refractivity contribution < 1.29 is 28.0 Å². The molecule has 1 heterocycles. The summed E-state index contributed by atoms with van der Waals surface area (Å²) in [5, 5.41) is 0. The minimum absolute atomic E-state index is 0.344. The number of aldehydes is 1. The van der Waals surface area contributed by atoms with Crippen LogP contribution in [-0.4, -0.2) is 29.8 Å². The number of nitrogens with zero attached hydrogens (tertiary/aromatic N) is 1. The van der Waals surface area contributed by atoms with Gasteiger partial charge in [0.1, 0.15) is 14.2 Å². The summed E-state index contributed by atoms with van der Waals surface area (Å²) >= 11 is 0. The van der Waals surface area contributed by atoms with E-state index >= 15 is 0 Å². The molecule has 100 valence electrons. The van der Waals surface area contributed by atoms with Crippen LogP contribution in [0.25, 0.3) is 0 Å². The zero-order valence-electron chi connectivity index (χ0n) is 19.8. The van der Waals surface area contributed by atoms with Gasteiger partial charge in [-0.1, -0.05) is 30.3 Å². The summed E-state index contributed by atoms with van der Waals surface area (Å²) in [7, 11) is 0.